The smallest absolute Gasteiger partial charge is 0.269 e. The predicted molar refractivity (Wildman–Crippen MR) is 101 cm³/mol. The zero-order chi connectivity index (χ0) is 18.2. The zero-order valence-electron chi connectivity index (χ0n) is 15.0. The summed E-state index contributed by atoms with van der Waals surface area (Å²) in [7, 11) is 0. The predicted octanol–water partition coefficient (Wildman–Crippen LogP) is 4.57. The first kappa shape index (κ1) is 18.0. The van der Waals surface area contributed by atoms with E-state index in [4.69, 9.17) is 0 Å². The minimum Gasteiger partial charge on any atom is -0.312 e. The normalized spacial score (nSPS) is 17.0. The van der Waals surface area contributed by atoms with Crippen molar-refractivity contribution in [3.8, 4) is 6.07 Å². The van der Waals surface area contributed by atoms with Gasteiger partial charge in [-0.05, 0) is 54.6 Å². The van der Waals surface area contributed by atoms with Crippen LogP contribution >= 0.6 is 22.9 Å². The van der Waals surface area contributed by atoms with Crippen LogP contribution in [0, 0.1) is 29.6 Å². The van der Waals surface area contributed by atoms with Crippen LogP contribution in [0.25, 0.3) is 0 Å². The highest BCUT2D eigenvalue weighted by Crippen LogP contribution is 2.45. The van der Waals surface area contributed by atoms with Gasteiger partial charge in [0.1, 0.15) is 15.9 Å². The van der Waals surface area contributed by atoms with Crippen LogP contribution < -0.4 is 5.32 Å². The molecule has 0 bridgehead atoms. The number of nitrogens with zero attached hydrogens (tertiary/aromatic N) is 3. The topological polar surface area (TPSA) is 78.7 Å². The lowest BCUT2D eigenvalue weighted by molar-refractivity contribution is 0.103. The van der Waals surface area contributed by atoms with Gasteiger partial charge in [0.15, 0.2) is 0 Å². The van der Waals surface area contributed by atoms with Crippen molar-refractivity contribution in [1.82, 2.24) is 9.59 Å². The summed E-state index contributed by atoms with van der Waals surface area (Å²) >= 11 is 2.64. The van der Waals surface area contributed by atoms with Crippen molar-refractivity contribution in [2.75, 3.05) is 5.32 Å². The molecule has 5 nitrogen and oxygen atoms in total. The second-order valence-electron chi connectivity index (χ2n) is 7.24. The van der Waals surface area contributed by atoms with Gasteiger partial charge in [-0.2, -0.15) is 5.26 Å². The van der Waals surface area contributed by atoms with Crippen LogP contribution in [0.4, 0.5) is 5.00 Å². The average molecular weight is 375 g/mol. The van der Waals surface area contributed by atoms with E-state index >= 15 is 0 Å². The van der Waals surface area contributed by atoms with Crippen molar-refractivity contribution < 1.29 is 4.79 Å². The highest BCUT2D eigenvalue weighted by molar-refractivity contribution is 7.17. The van der Waals surface area contributed by atoms with Gasteiger partial charge in [0.2, 0.25) is 0 Å². The van der Waals surface area contributed by atoms with Gasteiger partial charge in [0.05, 0.1) is 11.3 Å². The van der Waals surface area contributed by atoms with Gasteiger partial charge in [0.25, 0.3) is 5.91 Å². The molecule has 0 saturated carbocycles. The first-order chi connectivity index (χ1) is 11.9. The van der Waals surface area contributed by atoms with E-state index in [0.29, 0.717) is 32.5 Å². The molecular formula is C18H22N4OS2. The van der Waals surface area contributed by atoms with Crippen molar-refractivity contribution >= 4 is 33.8 Å². The lowest BCUT2D eigenvalue weighted by Gasteiger charge is -2.36. The lowest BCUT2D eigenvalue weighted by Crippen LogP contribution is -2.28. The Balaban J connectivity index is 1.87. The molecule has 1 atom stereocenters. The maximum absolute atomic E-state index is 12.5. The number of nitrogens with one attached hydrogen (secondary N) is 1. The summed E-state index contributed by atoms with van der Waals surface area (Å²) in [5, 5.41) is 17.1. The Morgan fingerprint density at radius 1 is 1.48 bits per heavy atom. The first-order valence-electron chi connectivity index (χ1n) is 8.52. The van der Waals surface area contributed by atoms with Crippen LogP contribution in [0.2, 0.25) is 0 Å². The van der Waals surface area contributed by atoms with E-state index in [0.717, 1.165) is 42.8 Å². The van der Waals surface area contributed by atoms with Crippen molar-refractivity contribution in [2.24, 2.45) is 11.3 Å². The number of hydrogen-bond donors (Lipinski definition) is 1. The van der Waals surface area contributed by atoms with Crippen LogP contribution in [0.3, 0.4) is 0 Å². The number of carbonyl (C=O) groups is 1. The fourth-order valence-corrected chi connectivity index (χ4v) is 5.17. The Morgan fingerprint density at radius 3 is 2.84 bits per heavy atom. The largest absolute Gasteiger partial charge is 0.312 e. The van der Waals surface area contributed by atoms with Gasteiger partial charge >= 0.3 is 0 Å². The highest BCUT2D eigenvalue weighted by atomic mass is 32.1. The fourth-order valence-electron chi connectivity index (χ4n) is 3.35. The molecule has 2 aromatic heterocycles. The summed E-state index contributed by atoms with van der Waals surface area (Å²) in [5.74, 6) is 0.389. The maximum Gasteiger partial charge on any atom is 0.269 e. The van der Waals surface area contributed by atoms with Crippen molar-refractivity contribution in [3.63, 3.8) is 0 Å². The first-order valence-corrected chi connectivity index (χ1v) is 10.1. The van der Waals surface area contributed by atoms with Gasteiger partial charge < -0.3 is 5.32 Å². The quantitative estimate of drug-likeness (QED) is 0.850. The van der Waals surface area contributed by atoms with Gasteiger partial charge in [-0.15, -0.1) is 16.4 Å². The van der Waals surface area contributed by atoms with Gasteiger partial charge in [-0.1, -0.05) is 31.7 Å². The molecule has 1 aliphatic rings. The van der Waals surface area contributed by atoms with Crippen LogP contribution in [-0.4, -0.2) is 15.5 Å². The molecule has 7 heteroatoms. The SMILES string of the molecule is CCC(C)(C)[C@@H]1CCc2c(sc(NC(=O)c3snnc3C)c2C#N)C1. The standard InChI is InChI=1S/C18H22N4OS2/c1-5-18(3,4)11-6-7-12-13(9-19)17(24-14(12)8-11)20-16(23)15-10(2)21-22-25-15/h11H,5-8H2,1-4H3,(H,20,23)/t11-/m1/s1. The molecule has 0 radical (unpaired) electrons. The third-order valence-corrected chi connectivity index (χ3v) is 7.47. The molecule has 132 valence electrons. The number of hydrogen-bond acceptors (Lipinski definition) is 6. The summed E-state index contributed by atoms with van der Waals surface area (Å²) in [6.45, 7) is 8.65. The van der Waals surface area contributed by atoms with Crippen LogP contribution in [0.15, 0.2) is 0 Å². The van der Waals surface area contributed by atoms with E-state index in [1.165, 1.54) is 4.88 Å². The Kier molecular flexibility index (Phi) is 4.94. The van der Waals surface area contributed by atoms with E-state index in [1.54, 1.807) is 18.3 Å². The van der Waals surface area contributed by atoms with E-state index in [1.807, 2.05) is 0 Å². The molecule has 2 heterocycles. The number of thiophene rings is 1. The van der Waals surface area contributed by atoms with E-state index in [9.17, 15) is 10.1 Å². The Labute approximate surface area is 156 Å². The number of nitriles is 1. The van der Waals surface area contributed by atoms with Gasteiger partial charge in [-0.25, -0.2) is 0 Å². The molecule has 0 spiro atoms. The van der Waals surface area contributed by atoms with E-state index in [-0.39, 0.29) is 5.91 Å². The van der Waals surface area contributed by atoms with Crippen molar-refractivity contribution in [2.45, 2.75) is 53.4 Å². The van der Waals surface area contributed by atoms with Crippen LogP contribution in [-0.2, 0) is 12.8 Å². The van der Waals surface area contributed by atoms with Crippen LogP contribution in [0.5, 0.6) is 0 Å². The minimum absolute atomic E-state index is 0.229. The summed E-state index contributed by atoms with van der Waals surface area (Å²) in [6.07, 6.45) is 4.15. The molecular weight excluding hydrogens is 352 g/mol. The molecule has 0 saturated heterocycles. The number of anilines is 1. The second-order valence-corrected chi connectivity index (χ2v) is 9.10. The van der Waals surface area contributed by atoms with Gasteiger partial charge in [0, 0.05) is 4.88 Å². The van der Waals surface area contributed by atoms with Gasteiger partial charge in [-0.3, -0.25) is 4.79 Å². The van der Waals surface area contributed by atoms with Crippen LogP contribution in [0.1, 0.15) is 65.0 Å². The third-order valence-electron chi connectivity index (χ3n) is 5.48. The molecule has 0 aliphatic heterocycles. The number of carbonyl (C=O) groups excluding carboxylic acids is 1. The summed E-state index contributed by atoms with van der Waals surface area (Å²) < 4.78 is 3.81. The molecule has 0 fully saturated rings. The number of aromatic nitrogens is 2. The summed E-state index contributed by atoms with van der Waals surface area (Å²) in [5.41, 5.74) is 2.68. The van der Waals surface area contributed by atoms with Crippen molar-refractivity contribution in [1.29, 1.82) is 5.26 Å². The molecule has 0 aromatic carbocycles. The van der Waals surface area contributed by atoms with E-state index in [2.05, 4.69) is 41.7 Å². The number of fused-ring (bicyclic) bond motifs is 1. The molecule has 25 heavy (non-hydrogen) atoms. The Morgan fingerprint density at radius 2 is 2.24 bits per heavy atom. The maximum atomic E-state index is 12.5. The Bertz CT molecular complexity index is 844. The summed E-state index contributed by atoms with van der Waals surface area (Å²) in [4.78, 5) is 14.2. The summed E-state index contributed by atoms with van der Waals surface area (Å²) in [6, 6.07) is 2.30. The average Bonchev–Trinajstić information content (AvgIpc) is 3.16. The molecule has 1 aliphatic carbocycles. The monoisotopic (exact) mass is 374 g/mol. The lowest BCUT2D eigenvalue weighted by atomic mass is 9.69. The number of aryl methyl sites for hydroxylation is 1. The second kappa shape index (κ2) is 6.85. The van der Waals surface area contributed by atoms with E-state index < -0.39 is 0 Å². The molecule has 0 unspecified atom stereocenters. The molecule has 1 amide bonds. The minimum atomic E-state index is -0.229. The highest BCUT2D eigenvalue weighted by Gasteiger charge is 2.34. The molecule has 3 rings (SSSR count). The third kappa shape index (κ3) is 3.33. The zero-order valence-corrected chi connectivity index (χ0v) is 16.6. The number of amides is 1. The molecule has 1 N–H and O–H groups in total. The number of rotatable bonds is 4. The molecule has 2 aromatic rings. The fraction of sp³-hybridized carbons (Fsp3) is 0.556. The Hall–Kier alpha value is -1.78. The van der Waals surface area contributed by atoms with Crippen molar-refractivity contribution in [3.05, 3.63) is 26.6 Å².